The van der Waals surface area contributed by atoms with Crippen molar-refractivity contribution in [1.82, 2.24) is 25.1 Å². The van der Waals surface area contributed by atoms with E-state index in [0.29, 0.717) is 30.3 Å². The molecule has 0 aliphatic carbocycles. The van der Waals surface area contributed by atoms with Gasteiger partial charge < -0.3 is 15.1 Å². The lowest BCUT2D eigenvalue weighted by Crippen LogP contribution is -2.48. The zero-order valence-electron chi connectivity index (χ0n) is 19.1. The minimum absolute atomic E-state index is 0.0283. The van der Waals surface area contributed by atoms with Crippen LogP contribution in [0.25, 0.3) is 11.3 Å². The molecule has 0 atom stereocenters. The molecule has 0 radical (unpaired) electrons. The molecule has 0 unspecified atom stereocenters. The number of hydrogen-bond acceptors (Lipinski definition) is 8. The molecule has 8 nitrogen and oxygen atoms in total. The lowest BCUT2D eigenvalue weighted by molar-refractivity contribution is 0.0747. The second-order valence-corrected chi connectivity index (χ2v) is 9.30. The van der Waals surface area contributed by atoms with Gasteiger partial charge >= 0.3 is 0 Å². The lowest BCUT2D eigenvalue weighted by atomic mass is 10.1. The fourth-order valence-electron chi connectivity index (χ4n) is 3.96. The molecule has 5 rings (SSSR count). The highest BCUT2D eigenvalue weighted by Gasteiger charge is 2.24. The van der Waals surface area contributed by atoms with Crippen LogP contribution in [0, 0.1) is 13.8 Å². The highest BCUT2D eigenvalue weighted by atomic mass is 32.1. The number of carbonyl (C=O) groups excluding carboxylic acids is 1. The van der Waals surface area contributed by atoms with Crippen LogP contribution in [0.2, 0.25) is 0 Å². The van der Waals surface area contributed by atoms with Crippen LogP contribution in [0.15, 0.2) is 60.7 Å². The number of rotatable bonds is 5. The largest absolute Gasteiger partial charge is 0.343 e. The second-order valence-electron chi connectivity index (χ2n) is 8.14. The van der Waals surface area contributed by atoms with Crippen LogP contribution in [0.4, 0.5) is 16.6 Å². The van der Waals surface area contributed by atoms with E-state index in [1.807, 2.05) is 79.4 Å². The average Bonchev–Trinajstić information content (AvgIpc) is 3.30. The summed E-state index contributed by atoms with van der Waals surface area (Å²) < 4.78 is 0. The van der Waals surface area contributed by atoms with Gasteiger partial charge in [-0.05, 0) is 32.0 Å². The Hall–Kier alpha value is -3.85. The molecule has 1 amide bonds. The van der Waals surface area contributed by atoms with Crippen molar-refractivity contribution < 1.29 is 4.79 Å². The van der Waals surface area contributed by atoms with Crippen LogP contribution in [-0.2, 0) is 0 Å². The van der Waals surface area contributed by atoms with Gasteiger partial charge in [0.2, 0.25) is 5.13 Å². The quantitative estimate of drug-likeness (QED) is 0.464. The summed E-state index contributed by atoms with van der Waals surface area (Å²) in [4.78, 5) is 26.3. The third kappa shape index (κ3) is 4.89. The molecular weight excluding hydrogens is 446 g/mol. The number of hydrogen-bond donors (Lipinski definition) is 1. The highest BCUT2D eigenvalue weighted by molar-refractivity contribution is 7.15. The fraction of sp³-hybridized carbons (Fsp3) is 0.240. The van der Waals surface area contributed by atoms with Crippen LogP contribution in [0.5, 0.6) is 0 Å². The number of piperazine rings is 1. The zero-order valence-corrected chi connectivity index (χ0v) is 19.9. The molecule has 0 spiro atoms. The summed E-state index contributed by atoms with van der Waals surface area (Å²) in [7, 11) is 0. The third-order valence-electron chi connectivity index (χ3n) is 5.64. The predicted molar refractivity (Wildman–Crippen MR) is 135 cm³/mol. The standard InChI is InChI=1S/C25H25N7OS/c1-17-26-22(19-7-4-3-5-8-19)16-23(27-17)28-21-10-6-9-20(15-21)24(33)31-11-13-32(14-12-31)25-30-29-18(2)34-25/h3-10,15-16H,11-14H2,1-2H3,(H,26,27,28). The van der Waals surface area contributed by atoms with E-state index in [1.165, 1.54) is 0 Å². The van der Waals surface area contributed by atoms with Crippen molar-refractivity contribution in [1.29, 1.82) is 0 Å². The normalized spacial score (nSPS) is 13.7. The van der Waals surface area contributed by atoms with Gasteiger partial charge in [0, 0.05) is 49.1 Å². The summed E-state index contributed by atoms with van der Waals surface area (Å²) in [6.45, 7) is 6.64. The first-order chi connectivity index (χ1) is 16.5. The van der Waals surface area contributed by atoms with Crippen molar-refractivity contribution in [3.63, 3.8) is 0 Å². The van der Waals surface area contributed by atoms with E-state index < -0.39 is 0 Å². The summed E-state index contributed by atoms with van der Waals surface area (Å²) in [5.41, 5.74) is 3.35. The van der Waals surface area contributed by atoms with Crippen LogP contribution in [0.3, 0.4) is 0 Å². The maximum atomic E-state index is 13.2. The van der Waals surface area contributed by atoms with Crippen molar-refractivity contribution in [3.8, 4) is 11.3 Å². The smallest absolute Gasteiger partial charge is 0.254 e. The monoisotopic (exact) mass is 471 g/mol. The SMILES string of the molecule is Cc1nc(Nc2cccc(C(=O)N3CCN(c4nnc(C)s4)CC3)c2)cc(-c2ccccc2)n1. The van der Waals surface area contributed by atoms with Gasteiger partial charge in [0.15, 0.2) is 0 Å². The Kier molecular flexibility index (Phi) is 6.18. The molecule has 0 saturated carbocycles. The van der Waals surface area contributed by atoms with Crippen molar-refractivity contribution >= 4 is 33.9 Å². The number of amides is 1. The number of carbonyl (C=O) groups is 1. The minimum atomic E-state index is 0.0283. The third-order valence-corrected chi connectivity index (χ3v) is 6.54. The Bertz CT molecular complexity index is 1300. The van der Waals surface area contributed by atoms with Gasteiger partial charge in [-0.15, -0.1) is 10.2 Å². The molecule has 1 aliphatic heterocycles. The van der Waals surface area contributed by atoms with E-state index in [0.717, 1.165) is 40.2 Å². The van der Waals surface area contributed by atoms with Crippen LogP contribution >= 0.6 is 11.3 Å². The number of nitrogens with zero attached hydrogens (tertiary/aromatic N) is 6. The van der Waals surface area contributed by atoms with Crippen molar-refractivity contribution in [2.75, 3.05) is 36.4 Å². The second kappa shape index (κ2) is 9.56. The minimum Gasteiger partial charge on any atom is -0.343 e. The van der Waals surface area contributed by atoms with Gasteiger partial charge in [-0.25, -0.2) is 9.97 Å². The Labute approximate surface area is 202 Å². The van der Waals surface area contributed by atoms with Crippen LogP contribution in [-0.4, -0.2) is 57.2 Å². The molecule has 172 valence electrons. The summed E-state index contributed by atoms with van der Waals surface area (Å²) in [6.07, 6.45) is 0. The van der Waals surface area contributed by atoms with Crippen molar-refractivity contribution in [3.05, 3.63) is 77.1 Å². The van der Waals surface area contributed by atoms with E-state index in [2.05, 4.69) is 30.4 Å². The van der Waals surface area contributed by atoms with Gasteiger partial charge in [0.05, 0.1) is 5.69 Å². The van der Waals surface area contributed by atoms with Gasteiger partial charge in [-0.3, -0.25) is 4.79 Å². The lowest BCUT2D eigenvalue weighted by Gasteiger charge is -2.34. The zero-order chi connectivity index (χ0) is 23.5. The average molecular weight is 472 g/mol. The number of anilines is 3. The van der Waals surface area contributed by atoms with Gasteiger partial charge in [0.1, 0.15) is 16.6 Å². The van der Waals surface area contributed by atoms with Crippen LogP contribution in [0.1, 0.15) is 21.2 Å². The van der Waals surface area contributed by atoms with E-state index in [4.69, 9.17) is 0 Å². The van der Waals surface area contributed by atoms with Crippen LogP contribution < -0.4 is 10.2 Å². The van der Waals surface area contributed by atoms with E-state index in [1.54, 1.807) is 11.3 Å². The molecule has 3 heterocycles. The first kappa shape index (κ1) is 22.0. The molecule has 1 fully saturated rings. The van der Waals surface area contributed by atoms with Gasteiger partial charge in [-0.2, -0.15) is 0 Å². The number of nitrogens with one attached hydrogen (secondary N) is 1. The topological polar surface area (TPSA) is 87.1 Å². The maximum absolute atomic E-state index is 13.2. The molecule has 2 aromatic heterocycles. The number of aromatic nitrogens is 4. The molecule has 4 aromatic rings. The highest BCUT2D eigenvalue weighted by Crippen LogP contribution is 2.24. The predicted octanol–water partition coefficient (Wildman–Crippen LogP) is 4.32. The Morgan fingerprint density at radius 1 is 0.912 bits per heavy atom. The first-order valence-electron chi connectivity index (χ1n) is 11.2. The molecule has 1 saturated heterocycles. The maximum Gasteiger partial charge on any atom is 0.254 e. The Morgan fingerprint density at radius 3 is 2.44 bits per heavy atom. The summed E-state index contributed by atoms with van der Waals surface area (Å²) >= 11 is 1.59. The Balaban J connectivity index is 1.28. The van der Waals surface area contributed by atoms with Gasteiger partial charge in [-0.1, -0.05) is 47.7 Å². The fourth-order valence-corrected chi connectivity index (χ4v) is 4.70. The molecule has 9 heteroatoms. The van der Waals surface area contributed by atoms with Crippen molar-refractivity contribution in [2.45, 2.75) is 13.8 Å². The molecule has 0 bridgehead atoms. The van der Waals surface area contributed by atoms with E-state index in [9.17, 15) is 4.79 Å². The van der Waals surface area contributed by atoms with E-state index in [-0.39, 0.29) is 5.91 Å². The summed E-state index contributed by atoms with van der Waals surface area (Å²) in [6, 6.07) is 19.5. The van der Waals surface area contributed by atoms with Gasteiger partial charge in [0.25, 0.3) is 5.91 Å². The van der Waals surface area contributed by atoms with E-state index >= 15 is 0 Å². The molecule has 1 N–H and O–H groups in total. The number of aryl methyl sites for hydroxylation is 2. The molecule has 1 aliphatic rings. The first-order valence-corrected chi connectivity index (χ1v) is 12.0. The summed E-state index contributed by atoms with van der Waals surface area (Å²) in [5, 5.41) is 13.5. The molecular formula is C25H25N7OS. The Morgan fingerprint density at radius 2 is 1.71 bits per heavy atom. The van der Waals surface area contributed by atoms with Crippen molar-refractivity contribution in [2.24, 2.45) is 0 Å². The summed E-state index contributed by atoms with van der Waals surface area (Å²) in [5.74, 6) is 1.40. The number of benzene rings is 2. The molecule has 2 aromatic carbocycles. The molecule has 34 heavy (non-hydrogen) atoms.